The molecule has 2 nitrogen and oxygen atoms in total. The number of hydrogen-bond donors (Lipinski definition) is 1. The summed E-state index contributed by atoms with van der Waals surface area (Å²) in [6, 6.07) is 8.44. The van der Waals surface area contributed by atoms with Crippen molar-refractivity contribution in [2.45, 2.75) is 37.7 Å². The Kier molecular flexibility index (Phi) is 4.02. The predicted octanol–water partition coefficient (Wildman–Crippen LogP) is 3.87. The molecule has 2 atom stereocenters. The molecule has 0 radical (unpaired) electrons. The highest BCUT2D eigenvalue weighted by molar-refractivity contribution is 9.10. The van der Waals surface area contributed by atoms with Crippen molar-refractivity contribution in [2.24, 2.45) is 5.41 Å². The first-order valence-electron chi connectivity index (χ1n) is 7.33. The molecule has 1 aliphatic carbocycles. The molecule has 0 saturated heterocycles. The monoisotopic (exact) mass is 336 g/mol. The molecule has 20 heavy (non-hydrogen) atoms. The summed E-state index contributed by atoms with van der Waals surface area (Å²) in [5, 5.41) is 11.1. The number of halogens is 1. The molecular formula is C17H21BrO2. The Morgan fingerprint density at radius 2 is 1.95 bits per heavy atom. The molecule has 0 spiro atoms. The molecular weight excluding hydrogens is 316 g/mol. The van der Waals surface area contributed by atoms with Crippen LogP contribution in [0.2, 0.25) is 0 Å². The Balaban J connectivity index is 1.90. The van der Waals surface area contributed by atoms with Crippen molar-refractivity contribution in [3.63, 3.8) is 0 Å². The molecule has 0 amide bonds. The SMILES string of the molecule is O[C@]12C/C=C\COC[C@]1(Cc1ccc(Br)cc1)CCC2. The summed E-state index contributed by atoms with van der Waals surface area (Å²) in [5.74, 6) is 0. The maximum Gasteiger partial charge on any atom is 0.0763 e. The highest BCUT2D eigenvalue weighted by atomic mass is 79.9. The van der Waals surface area contributed by atoms with Gasteiger partial charge in [0.05, 0.1) is 18.8 Å². The van der Waals surface area contributed by atoms with E-state index >= 15 is 0 Å². The number of ether oxygens (including phenoxy) is 1. The molecule has 1 aromatic rings. The van der Waals surface area contributed by atoms with Crippen LogP contribution in [-0.2, 0) is 11.2 Å². The summed E-state index contributed by atoms with van der Waals surface area (Å²) >= 11 is 3.48. The van der Waals surface area contributed by atoms with Crippen LogP contribution in [-0.4, -0.2) is 23.9 Å². The van der Waals surface area contributed by atoms with Crippen LogP contribution < -0.4 is 0 Å². The zero-order valence-electron chi connectivity index (χ0n) is 11.6. The van der Waals surface area contributed by atoms with Gasteiger partial charge in [-0.2, -0.15) is 0 Å². The molecule has 1 aromatic carbocycles. The van der Waals surface area contributed by atoms with E-state index < -0.39 is 5.60 Å². The average molecular weight is 337 g/mol. The number of aliphatic hydroxyl groups is 1. The molecule has 3 heteroatoms. The van der Waals surface area contributed by atoms with E-state index in [0.717, 1.165) is 36.6 Å². The third-order valence-corrected chi connectivity index (χ3v) is 5.43. The zero-order valence-corrected chi connectivity index (χ0v) is 13.2. The Morgan fingerprint density at radius 1 is 1.15 bits per heavy atom. The standard InChI is InChI=1S/C17H21BrO2/c18-15-6-4-14(5-7-15)12-16-8-3-10-17(16,19)9-1-2-11-20-13-16/h1-2,4-7,19H,3,8-13H2/b2-1-/t16-,17+/m1/s1. The maximum atomic E-state index is 11.1. The fraction of sp³-hybridized carbons (Fsp3) is 0.529. The Labute approximate surface area is 129 Å². The fourth-order valence-corrected chi connectivity index (χ4v) is 3.97. The largest absolute Gasteiger partial charge is 0.389 e. The van der Waals surface area contributed by atoms with Gasteiger partial charge in [0.15, 0.2) is 0 Å². The molecule has 0 bridgehead atoms. The average Bonchev–Trinajstić information content (AvgIpc) is 2.71. The summed E-state index contributed by atoms with van der Waals surface area (Å²) in [4.78, 5) is 0. The zero-order chi connectivity index (χ0) is 14.1. The molecule has 108 valence electrons. The number of benzene rings is 1. The summed E-state index contributed by atoms with van der Waals surface area (Å²) in [7, 11) is 0. The lowest BCUT2D eigenvalue weighted by molar-refractivity contribution is -0.100. The van der Waals surface area contributed by atoms with E-state index in [1.807, 2.05) is 6.08 Å². The predicted molar refractivity (Wildman–Crippen MR) is 83.7 cm³/mol. The van der Waals surface area contributed by atoms with E-state index in [0.29, 0.717) is 13.2 Å². The van der Waals surface area contributed by atoms with Gasteiger partial charge in [0.2, 0.25) is 0 Å². The molecule has 1 N–H and O–H groups in total. The Morgan fingerprint density at radius 3 is 2.75 bits per heavy atom. The van der Waals surface area contributed by atoms with E-state index in [1.165, 1.54) is 5.56 Å². The van der Waals surface area contributed by atoms with Crippen molar-refractivity contribution >= 4 is 15.9 Å². The van der Waals surface area contributed by atoms with Crippen LogP contribution in [0, 0.1) is 5.41 Å². The highest BCUT2D eigenvalue weighted by Crippen LogP contribution is 2.51. The number of fused-ring (bicyclic) bond motifs is 1. The van der Waals surface area contributed by atoms with Crippen LogP contribution in [0.4, 0.5) is 0 Å². The van der Waals surface area contributed by atoms with Crippen molar-refractivity contribution in [1.29, 1.82) is 0 Å². The molecule has 1 aliphatic heterocycles. The smallest absolute Gasteiger partial charge is 0.0763 e. The Hall–Kier alpha value is -0.640. The molecule has 3 rings (SSSR count). The number of hydrogen-bond acceptors (Lipinski definition) is 2. The second-order valence-corrected chi connectivity index (χ2v) is 7.08. The lowest BCUT2D eigenvalue weighted by Gasteiger charge is -2.43. The molecule has 0 unspecified atom stereocenters. The van der Waals surface area contributed by atoms with Gasteiger partial charge in [0.1, 0.15) is 0 Å². The van der Waals surface area contributed by atoms with Gasteiger partial charge in [-0.1, -0.05) is 40.2 Å². The van der Waals surface area contributed by atoms with Crippen molar-refractivity contribution in [1.82, 2.24) is 0 Å². The first-order chi connectivity index (χ1) is 9.64. The normalized spacial score (nSPS) is 35.1. The summed E-state index contributed by atoms with van der Waals surface area (Å²) in [5.41, 5.74) is 0.532. The molecule has 1 fully saturated rings. The van der Waals surface area contributed by atoms with Crippen LogP contribution in [0.3, 0.4) is 0 Å². The third kappa shape index (κ3) is 2.59. The lowest BCUT2D eigenvalue weighted by Crippen LogP contribution is -2.48. The summed E-state index contributed by atoms with van der Waals surface area (Å²) in [6.07, 6.45) is 8.78. The van der Waals surface area contributed by atoms with Crippen LogP contribution in [0.1, 0.15) is 31.2 Å². The molecule has 2 aliphatic rings. The first-order valence-corrected chi connectivity index (χ1v) is 8.13. The van der Waals surface area contributed by atoms with E-state index in [1.54, 1.807) is 0 Å². The summed E-state index contributed by atoms with van der Waals surface area (Å²) in [6.45, 7) is 1.32. The molecule has 1 saturated carbocycles. The molecule has 0 aromatic heterocycles. The Bertz CT molecular complexity index is 496. The van der Waals surface area contributed by atoms with Crippen molar-refractivity contribution in [3.8, 4) is 0 Å². The minimum Gasteiger partial charge on any atom is -0.389 e. The number of rotatable bonds is 2. The van der Waals surface area contributed by atoms with E-state index in [2.05, 4.69) is 46.3 Å². The van der Waals surface area contributed by atoms with Crippen molar-refractivity contribution in [3.05, 3.63) is 46.5 Å². The van der Waals surface area contributed by atoms with Gasteiger partial charge in [0.25, 0.3) is 0 Å². The van der Waals surface area contributed by atoms with Crippen LogP contribution in [0.25, 0.3) is 0 Å². The van der Waals surface area contributed by atoms with Gasteiger partial charge >= 0.3 is 0 Å². The van der Waals surface area contributed by atoms with Crippen molar-refractivity contribution < 1.29 is 9.84 Å². The van der Waals surface area contributed by atoms with E-state index in [4.69, 9.17) is 4.74 Å². The van der Waals surface area contributed by atoms with Crippen LogP contribution in [0.5, 0.6) is 0 Å². The topological polar surface area (TPSA) is 29.5 Å². The van der Waals surface area contributed by atoms with Gasteiger partial charge in [-0.25, -0.2) is 0 Å². The first kappa shape index (κ1) is 14.3. The second kappa shape index (κ2) is 5.63. The van der Waals surface area contributed by atoms with E-state index in [-0.39, 0.29) is 5.41 Å². The minimum atomic E-state index is -0.614. The van der Waals surface area contributed by atoms with Gasteiger partial charge in [0, 0.05) is 9.89 Å². The maximum absolute atomic E-state index is 11.1. The van der Waals surface area contributed by atoms with Gasteiger partial charge in [-0.05, 0) is 49.8 Å². The van der Waals surface area contributed by atoms with Crippen LogP contribution in [0.15, 0.2) is 40.9 Å². The summed E-state index contributed by atoms with van der Waals surface area (Å²) < 4.78 is 6.89. The quantitative estimate of drug-likeness (QED) is 0.830. The van der Waals surface area contributed by atoms with Gasteiger partial charge in [-0.3, -0.25) is 0 Å². The van der Waals surface area contributed by atoms with Crippen LogP contribution >= 0.6 is 15.9 Å². The third-order valence-electron chi connectivity index (χ3n) is 4.90. The lowest BCUT2D eigenvalue weighted by atomic mass is 9.69. The van der Waals surface area contributed by atoms with Gasteiger partial charge < -0.3 is 9.84 Å². The van der Waals surface area contributed by atoms with E-state index in [9.17, 15) is 5.11 Å². The van der Waals surface area contributed by atoms with Gasteiger partial charge in [-0.15, -0.1) is 0 Å². The minimum absolute atomic E-state index is 0.133. The fourth-order valence-electron chi connectivity index (χ4n) is 3.71. The highest BCUT2D eigenvalue weighted by Gasteiger charge is 2.53. The molecule has 1 heterocycles. The second-order valence-electron chi connectivity index (χ2n) is 6.16. The van der Waals surface area contributed by atoms with Crippen molar-refractivity contribution in [2.75, 3.05) is 13.2 Å².